The molecule has 0 heterocycles. The van der Waals surface area contributed by atoms with Gasteiger partial charge in [-0.1, -0.05) is 17.4 Å². The first kappa shape index (κ1) is 8.55. The van der Waals surface area contributed by atoms with Crippen molar-refractivity contribution in [1.82, 2.24) is 0 Å². The number of nitrogens with one attached hydrogen (secondary N) is 1. The zero-order chi connectivity index (χ0) is 7.11. The average Bonchev–Trinajstić information content (AvgIpc) is 1.85. The average molecular weight is 132 g/mol. The highest BCUT2D eigenvalue weighted by molar-refractivity contribution is 5.51. The van der Waals surface area contributed by atoms with Gasteiger partial charge in [0.2, 0.25) is 0 Å². The molecule has 0 saturated carbocycles. The molecule has 0 aliphatic rings. The highest BCUT2D eigenvalue weighted by Gasteiger charge is 1.88. The second kappa shape index (κ2) is 5.68. The molecule has 0 aromatic rings. The summed E-state index contributed by atoms with van der Waals surface area (Å²) >= 11 is 0. The van der Waals surface area contributed by atoms with Crippen molar-refractivity contribution >= 4 is 6.21 Å². The molecule has 4 heteroatoms. The Hall–Kier alpha value is -0.450. The topological polar surface area (TPSA) is 49.1 Å². The second-order valence-electron chi connectivity index (χ2n) is 1.50. The highest BCUT2D eigenvalue weighted by Crippen LogP contribution is 1.69. The molecule has 0 spiro atoms. The normalized spacial score (nSPS) is 14.6. The van der Waals surface area contributed by atoms with Crippen molar-refractivity contribution in [2.45, 2.75) is 20.3 Å². The Bertz CT molecular complexity index is 85.0. The summed E-state index contributed by atoms with van der Waals surface area (Å²) < 4.78 is 0. The Labute approximate surface area is 54.6 Å². The smallest absolute Gasteiger partial charge is 0.110 e. The van der Waals surface area contributed by atoms with Crippen LogP contribution in [0.25, 0.3) is 0 Å². The second-order valence-corrected chi connectivity index (χ2v) is 1.50. The van der Waals surface area contributed by atoms with Crippen LogP contribution in [-0.2, 0) is 4.84 Å². The summed E-state index contributed by atoms with van der Waals surface area (Å²) in [5, 5.41) is 13.3. The minimum atomic E-state index is -0.501. The molecule has 0 aliphatic heterocycles. The molecule has 0 aromatic heterocycles. The Morgan fingerprint density at radius 1 is 1.78 bits per heavy atom. The SMILES string of the molecule is C/C=N/[NH+]([O-])OCCC. The van der Waals surface area contributed by atoms with E-state index < -0.39 is 5.34 Å². The summed E-state index contributed by atoms with van der Waals surface area (Å²) in [7, 11) is 0. The van der Waals surface area contributed by atoms with Gasteiger partial charge in [-0.25, -0.2) is 0 Å². The lowest BCUT2D eigenvalue weighted by atomic mass is 10.5. The molecule has 0 saturated heterocycles. The first-order chi connectivity index (χ1) is 4.31. The molecule has 0 radical (unpaired) electrons. The molecular weight excluding hydrogens is 120 g/mol. The van der Waals surface area contributed by atoms with E-state index >= 15 is 0 Å². The van der Waals surface area contributed by atoms with Gasteiger partial charge < -0.3 is 5.21 Å². The Morgan fingerprint density at radius 2 is 2.44 bits per heavy atom. The van der Waals surface area contributed by atoms with Crippen LogP contribution in [0, 0.1) is 5.21 Å². The van der Waals surface area contributed by atoms with Crippen LogP contribution in [-0.4, -0.2) is 12.8 Å². The van der Waals surface area contributed by atoms with E-state index in [0.717, 1.165) is 6.42 Å². The molecule has 0 bridgehead atoms. The van der Waals surface area contributed by atoms with E-state index in [1.807, 2.05) is 6.92 Å². The molecule has 4 nitrogen and oxygen atoms in total. The van der Waals surface area contributed by atoms with E-state index in [-0.39, 0.29) is 0 Å². The maximum atomic E-state index is 10.4. The molecule has 1 N–H and O–H groups in total. The van der Waals surface area contributed by atoms with Gasteiger partial charge in [0, 0.05) is 0 Å². The van der Waals surface area contributed by atoms with E-state index in [1.165, 1.54) is 6.21 Å². The molecule has 0 rings (SSSR count). The largest absolute Gasteiger partial charge is 0.572 e. The third-order valence-corrected chi connectivity index (χ3v) is 0.664. The lowest BCUT2D eigenvalue weighted by Crippen LogP contribution is -3.01. The molecule has 0 aromatic carbocycles. The predicted octanol–water partition coefficient (Wildman–Crippen LogP) is -0.284. The van der Waals surface area contributed by atoms with Crippen LogP contribution in [0.3, 0.4) is 0 Å². The Kier molecular flexibility index (Phi) is 5.40. The maximum Gasteiger partial charge on any atom is 0.110 e. The number of rotatable bonds is 4. The predicted molar refractivity (Wildman–Crippen MR) is 34.7 cm³/mol. The number of quaternary nitrogens is 1. The summed E-state index contributed by atoms with van der Waals surface area (Å²) in [6.45, 7) is 4.06. The first-order valence-corrected chi connectivity index (χ1v) is 2.96. The fourth-order valence-electron chi connectivity index (χ4n) is 0.332. The molecule has 0 amide bonds. The molecule has 1 atom stereocenters. The molecule has 0 aliphatic carbocycles. The minimum absolute atomic E-state index is 0.455. The van der Waals surface area contributed by atoms with Crippen molar-refractivity contribution in [3.63, 3.8) is 0 Å². The van der Waals surface area contributed by atoms with Crippen LogP contribution in [0.15, 0.2) is 5.10 Å². The third-order valence-electron chi connectivity index (χ3n) is 0.664. The van der Waals surface area contributed by atoms with Gasteiger partial charge in [-0.05, 0) is 13.3 Å². The fraction of sp³-hybridized carbons (Fsp3) is 0.800. The molecule has 0 fully saturated rings. The van der Waals surface area contributed by atoms with Crippen LogP contribution >= 0.6 is 0 Å². The summed E-state index contributed by atoms with van der Waals surface area (Å²) in [6, 6.07) is 0. The quantitative estimate of drug-likeness (QED) is 0.422. The first-order valence-electron chi connectivity index (χ1n) is 2.96. The number of hydrogen-bond donors (Lipinski definition) is 1. The van der Waals surface area contributed by atoms with Crippen molar-refractivity contribution in [2.75, 3.05) is 6.61 Å². The van der Waals surface area contributed by atoms with E-state index in [4.69, 9.17) is 0 Å². The number of hydrogen-bond acceptors (Lipinski definition) is 3. The summed E-state index contributed by atoms with van der Waals surface area (Å²) in [5.74, 6) is 0. The van der Waals surface area contributed by atoms with Gasteiger partial charge in [0.05, 0.1) is 6.21 Å². The summed E-state index contributed by atoms with van der Waals surface area (Å²) in [6.07, 6.45) is 2.25. The zero-order valence-electron chi connectivity index (χ0n) is 5.76. The van der Waals surface area contributed by atoms with Gasteiger partial charge in [0.1, 0.15) is 6.61 Å². The molecule has 1 unspecified atom stereocenters. The van der Waals surface area contributed by atoms with Crippen LogP contribution in [0.5, 0.6) is 0 Å². The van der Waals surface area contributed by atoms with Crippen molar-refractivity contribution in [1.29, 1.82) is 0 Å². The number of nitrogens with zero attached hydrogens (tertiary/aromatic N) is 1. The highest BCUT2D eigenvalue weighted by atomic mass is 16.9. The van der Waals surface area contributed by atoms with E-state index in [1.54, 1.807) is 6.92 Å². The van der Waals surface area contributed by atoms with Crippen LogP contribution < -0.4 is 5.34 Å². The van der Waals surface area contributed by atoms with Gasteiger partial charge in [0.25, 0.3) is 0 Å². The van der Waals surface area contributed by atoms with Gasteiger partial charge in [-0.15, -0.1) is 0 Å². The van der Waals surface area contributed by atoms with E-state index in [9.17, 15) is 5.21 Å². The molecular formula is C5H12N2O2. The van der Waals surface area contributed by atoms with Crippen LogP contribution in [0.4, 0.5) is 0 Å². The lowest BCUT2D eigenvalue weighted by Gasteiger charge is -2.10. The van der Waals surface area contributed by atoms with Gasteiger partial charge in [-0.2, -0.15) is 4.84 Å². The summed E-state index contributed by atoms with van der Waals surface area (Å²) in [5.41, 5.74) is 0. The van der Waals surface area contributed by atoms with E-state index in [0.29, 0.717) is 6.61 Å². The summed E-state index contributed by atoms with van der Waals surface area (Å²) in [4.78, 5) is 4.59. The monoisotopic (exact) mass is 132 g/mol. The van der Waals surface area contributed by atoms with Gasteiger partial charge >= 0.3 is 0 Å². The minimum Gasteiger partial charge on any atom is -0.572 e. The van der Waals surface area contributed by atoms with E-state index in [2.05, 4.69) is 9.94 Å². The van der Waals surface area contributed by atoms with Gasteiger partial charge in [-0.3, -0.25) is 0 Å². The molecule has 9 heavy (non-hydrogen) atoms. The maximum absolute atomic E-state index is 10.4. The third kappa shape index (κ3) is 5.42. The molecule has 54 valence electrons. The van der Waals surface area contributed by atoms with Crippen molar-refractivity contribution < 1.29 is 10.2 Å². The van der Waals surface area contributed by atoms with Crippen molar-refractivity contribution in [2.24, 2.45) is 5.10 Å². The van der Waals surface area contributed by atoms with Crippen LogP contribution in [0.1, 0.15) is 20.3 Å². The standard InChI is InChI=1S/C5H12N2O2/c1-3-5-9-7(8)6-4-2/h4,7H,3,5H2,1-2H3/b6-4+. The van der Waals surface area contributed by atoms with Crippen molar-refractivity contribution in [3.05, 3.63) is 5.21 Å². The zero-order valence-corrected chi connectivity index (χ0v) is 5.76. The lowest BCUT2D eigenvalue weighted by molar-refractivity contribution is -1.06. The van der Waals surface area contributed by atoms with Crippen LogP contribution in [0.2, 0.25) is 0 Å². The van der Waals surface area contributed by atoms with Gasteiger partial charge in [0.15, 0.2) is 0 Å². The van der Waals surface area contributed by atoms with Crippen molar-refractivity contribution in [3.8, 4) is 0 Å². The fourth-order valence-corrected chi connectivity index (χ4v) is 0.332. The Morgan fingerprint density at radius 3 is 2.89 bits per heavy atom. The Balaban J connectivity index is 3.15.